The fourth-order valence-electron chi connectivity index (χ4n) is 2.95. The van der Waals surface area contributed by atoms with Crippen LogP contribution in [0, 0.1) is 12.8 Å². The Bertz CT molecular complexity index is 468. The summed E-state index contributed by atoms with van der Waals surface area (Å²) in [6.07, 6.45) is 2.80. The van der Waals surface area contributed by atoms with Gasteiger partial charge < -0.3 is 20.5 Å². The van der Waals surface area contributed by atoms with Gasteiger partial charge in [0.1, 0.15) is 12.1 Å². The van der Waals surface area contributed by atoms with E-state index in [1.165, 1.54) is 6.33 Å². The zero-order valence-corrected chi connectivity index (χ0v) is 11.3. The van der Waals surface area contributed by atoms with Gasteiger partial charge in [-0.05, 0) is 20.3 Å². The van der Waals surface area contributed by atoms with Crippen molar-refractivity contribution >= 4 is 5.82 Å². The molecule has 0 amide bonds. The molecule has 3 N–H and O–H groups in total. The first-order valence-electron chi connectivity index (χ1n) is 6.80. The summed E-state index contributed by atoms with van der Waals surface area (Å²) in [4.78, 5) is 8.41. The number of hydrogen-bond acceptors (Lipinski definition) is 6. The number of nitrogens with one attached hydrogen (secondary N) is 1. The highest BCUT2D eigenvalue weighted by atomic mass is 16.5. The van der Waals surface area contributed by atoms with Gasteiger partial charge in [-0.1, -0.05) is 0 Å². The summed E-state index contributed by atoms with van der Waals surface area (Å²) in [5.41, 5.74) is 7.10. The van der Waals surface area contributed by atoms with Gasteiger partial charge in [-0.15, -0.1) is 0 Å². The van der Waals surface area contributed by atoms with Crippen LogP contribution in [0.3, 0.4) is 0 Å². The van der Waals surface area contributed by atoms with Crippen molar-refractivity contribution in [3.63, 3.8) is 0 Å². The number of aromatic nitrogens is 2. The second kappa shape index (κ2) is 4.94. The molecule has 1 saturated carbocycles. The number of hydrogen-bond donors (Lipinski definition) is 2. The van der Waals surface area contributed by atoms with E-state index in [1.807, 2.05) is 13.8 Å². The SMILES string of the molecule is CCOc1ncnc(NC2C(N)C3CCOC32)c1C. The summed E-state index contributed by atoms with van der Waals surface area (Å²) in [5, 5.41) is 3.39. The molecule has 2 heterocycles. The Labute approximate surface area is 112 Å². The number of fused-ring (bicyclic) bond motifs is 1. The second-order valence-corrected chi connectivity index (χ2v) is 5.12. The molecular weight excluding hydrogens is 244 g/mol. The molecule has 0 aromatic carbocycles. The average molecular weight is 264 g/mol. The Morgan fingerprint density at radius 3 is 3.16 bits per heavy atom. The molecule has 19 heavy (non-hydrogen) atoms. The van der Waals surface area contributed by atoms with Gasteiger partial charge in [0.25, 0.3) is 0 Å². The van der Waals surface area contributed by atoms with Crippen LogP contribution in [0.25, 0.3) is 0 Å². The van der Waals surface area contributed by atoms with Gasteiger partial charge in [-0.25, -0.2) is 9.97 Å². The van der Waals surface area contributed by atoms with Gasteiger partial charge in [-0.3, -0.25) is 0 Å². The summed E-state index contributed by atoms with van der Waals surface area (Å²) in [6.45, 7) is 5.29. The third-order valence-electron chi connectivity index (χ3n) is 4.07. The minimum absolute atomic E-state index is 0.135. The Kier molecular flexibility index (Phi) is 3.28. The predicted octanol–water partition coefficient (Wildman–Crippen LogP) is 0.710. The van der Waals surface area contributed by atoms with E-state index in [2.05, 4.69) is 15.3 Å². The van der Waals surface area contributed by atoms with Crippen LogP contribution in [-0.4, -0.2) is 41.4 Å². The van der Waals surface area contributed by atoms with Crippen LogP contribution in [0.4, 0.5) is 5.82 Å². The monoisotopic (exact) mass is 264 g/mol. The maximum Gasteiger partial charge on any atom is 0.221 e. The largest absolute Gasteiger partial charge is 0.478 e. The van der Waals surface area contributed by atoms with Crippen LogP contribution in [0.5, 0.6) is 5.88 Å². The maximum absolute atomic E-state index is 6.19. The molecule has 2 aliphatic rings. The van der Waals surface area contributed by atoms with E-state index >= 15 is 0 Å². The van der Waals surface area contributed by atoms with Gasteiger partial charge in [0.15, 0.2) is 0 Å². The fraction of sp³-hybridized carbons (Fsp3) is 0.692. The number of anilines is 1. The molecule has 6 nitrogen and oxygen atoms in total. The number of rotatable bonds is 4. The highest BCUT2D eigenvalue weighted by molar-refractivity contribution is 5.49. The van der Waals surface area contributed by atoms with Gasteiger partial charge in [0.2, 0.25) is 5.88 Å². The Balaban J connectivity index is 1.75. The highest BCUT2D eigenvalue weighted by Gasteiger charge is 2.52. The summed E-state index contributed by atoms with van der Waals surface area (Å²) in [7, 11) is 0. The lowest BCUT2D eigenvalue weighted by Gasteiger charge is -2.46. The van der Waals surface area contributed by atoms with E-state index in [0.29, 0.717) is 18.4 Å². The summed E-state index contributed by atoms with van der Waals surface area (Å²) < 4.78 is 11.2. The van der Waals surface area contributed by atoms with Gasteiger partial charge in [0, 0.05) is 18.6 Å². The molecule has 4 unspecified atom stereocenters. The lowest BCUT2D eigenvalue weighted by Crippen LogP contribution is -2.65. The van der Waals surface area contributed by atoms with Gasteiger partial charge in [-0.2, -0.15) is 0 Å². The quantitative estimate of drug-likeness (QED) is 0.833. The van der Waals surface area contributed by atoms with Crippen LogP contribution in [0.1, 0.15) is 18.9 Å². The Hall–Kier alpha value is -1.40. The first-order chi connectivity index (χ1) is 9.22. The third kappa shape index (κ3) is 2.04. The molecule has 2 fully saturated rings. The second-order valence-electron chi connectivity index (χ2n) is 5.12. The molecule has 104 valence electrons. The van der Waals surface area contributed by atoms with E-state index in [9.17, 15) is 0 Å². The molecular formula is C13H20N4O2. The van der Waals surface area contributed by atoms with Crippen LogP contribution in [-0.2, 0) is 4.74 Å². The van der Waals surface area contributed by atoms with Crippen molar-refractivity contribution in [3.05, 3.63) is 11.9 Å². The van der Waals surface area contributed by atoms with Crippen molar-refractivity contribution in [3.8, 4) is 5.88 Å². The maximum atomic E-state index is 6.19. The molecule has 0 bridgehead atoms. The summed E-state index contributed by atoms with van der Waals surface area (Å²) in [6, 6.07) is 0.271. The van der Waals surface area contributed by atoms with Gasteiger partial charge in [0.05, 0.1) is 24.3 Å². The Morgan fingerprint density at radius 1 is 1.53 bits per heavy atom. The highest BCUT2D eigenvalue weighted by Crippen LogP contribution is 2.39. The molecule has 1 aromatic rings. The average Bonchev–Trinajstić information content (AvgIpc) is 2.84. The van der Waals surface area contributed by atoms with Gasteiger partial charge >= 0.3 is 0 Å². The molecule has 1 aliphatic heterocycles. The topological polar surface area (TPSA) is 82.3 Å². The van der Waals surface area contributed by atoms with Crippen molar-refractivity contribution in [1.29, 1.82) is 0 Å². The van der Waals surface area contributed by atoms with Crippen LogP contribution >= 0.6 is 0 Å². The van der Waals surface area contributed by atoms with Crippen LogP contribution in [0.2, 0.25) is 0 Å². The molecule has 1 saturated heterocycles. The van der Waals surface area contributed by atoms with E-state index in [4.69, 9.17) is 15.2 Å². The lowest BCUT2D eigenvalue weighted by atomic mass is 9.72. The Morgan fingerprint density at radius 2 is 2.37 bits per heavy atom. The molecule has 4 atom stereocenters. The normalized spacial score (nSPS) is 32.6. The standard InChI is InChI=1S/C13H20N4O2/c1-3-18-13-7(2)12(15-6-16-13)17-10-9(14)8-4-5-19-11(8)10/h6,8-11H,3-5,14H2,1-2H3,(H,15,16,17). The minimum atomic E-state index is 0.135. The van der Waals surface area contributed by atoms with Crippen molar-refractivity contribution in [2.45, 2.75) is 38.5 Å². The van der Waals surface area contributed by atoms with Crippen LogP contribution < -0.4 is 15.8 Å². The van der Waals surface area contributed by atoms with Crippen molar-refractivity contribution < 1.29 is 9.47 Å². The first kappa shape index (κ1) is 12.6. The van der Waals surface area contributed by atoms with Crippen LogP contribution in [0.15, 0.2) is 6.33 Å². The zero-order chi connectivity index (χ0) is 13.4. The number of nitrogens with two attached hydrogens (primary N) is 1. The van der Waals surface area contributed by atoms with Crippen molar-refractivity contribution in [2.75, 3.05) is 18.5 Å². The first-order valence-corrected chi connectivity index (χ1v) is 6.80. The van der Waals surface area contributed by atoms with E-state index in [0.717, 1.165) is 24.4 Å². The summed E-state index contributed by atoms with van der Waals surface area (Å²) >= 11 is 0. The zero-order valence-electron chi connectivity index (χ0n) is 11.3. The number of nitrogens with zero attached hydrogens (tertiary/aromatic N) is 2. The smallest absolute Gasteiger partial charge is 0.221 e. The lowest BCUT2D eigenvalue weighted by molar-refractivity contribution is 0.00520. The molecule has 0 spiro atoms. The summed E-state index contributed by atoms with van der Waals surface area (Å²) in [5.74, 6) is 1.90. The third-order valence-corrected chi connectivity index (χ3v) is 4.07. The molecule has 0 radical (unpaired) electrons. The molecule has 3 rings (SSSR count). The van der Waals surface area contributed by atoms with Crippen molar-refractivity contribution in [2.24, 2.45) is 11.7 Å². The molecule has 1 aliphatic carbocycles. The molecule has 1 aromatic heterocycles. The van der Waals surface area contributed by atoms with Crippen molar-refractivity contribution in [1.82, 2.24) is 9.97 Å². The fourth-order valence-corrected chi connectivity index (χ4v) is 2.95. The molecule has 6 heteroatoms. The minimum Gasteiger partial charge on any atom is -0.478 e. The number of ether oxygens (including phenoxy) is 2. The predicted molar refractivity (Wildman–Crippen MR) is 71.2 cm³/mol. The van der Waals surface area contributed by atoms with E-state index < -0.39 is 0 Å². The van der Waals surface area contributed by atoms with E-state index in [-0.39, 0.29) is 18.2 Å². The van der Waals surface area contributed by atoms with E-state index in [1.54, 1.807) is 0 Å².